The summed E-state index contributed by atoms with van der Waals surface area (Å²) in [6.45, 7) is 4.39. The Labute approximate surface area is 521 Å². The fraction of sp³-hybridized carbons (Fsp3) is 0.838. The Kier molecular flexibility index (Phi) is 63.4. The van der Waals surface area contributed by atoms with Gasteiger partial charge in [-0.3, -0.25) is 18.6 Å². The van der Waals surface area contributed by atoms with Crippen LogP contribution in [0.25, 0.3) is 0 Å². The number of phosphoric ester groups is 1. The largest absolute Gasteiger partial charge is 0.472 e. The van der Waals surface area contributed by atoms with Crippen LogP contribution in [0.15, 0.2) is 60.8 Å². The molecule has 0 heterocycles. The second-order valence-electron chi connectivity index (χ2n) is 25.6. The summed E-state index contributed by atoms with van der Waals surface area (Å²) in [6, 6.07) is 0. The molecule has 9 nitrogen and oxygen atoms in total. The fourth-order valence-corrected chi connectivity index (χ4v) is 11.3. The van der Waals surface area contributed by atoms with Gasteiger partial charge in [0.15, 0.2) is 6.10 Å². The zero-order valence-corrected chi connectivity index (χ0v) is 57.0. The van der Waals surface area contributed by atoms with Crippen molar-refractivity contribution >= 4 is 19.8 Å². The first-order valence-corrected chi connectivity index (χ1v) is 37.5. The molecule has 0 rings (SSSR count). The van der Waals surface area contributed by atoms with Crippen molar-refractivity contribution in [1.82, 2.24) is 0 Å². The van der Waals surface area contributed by atoms with Crippen molar-refractivity contribution in [2.24, 2.45) is 0 Å². The van der Waals surface area contributed by atoms with Crippen LogP contribution in [0.2, 0.25) is 0 Å². The van der Waals surface area contributed by atoms with E-state index in [2.05, 4.69) is 74.6 Å². The number of unbranched alkanes of at least 4 members (excludes halogenated alkanes) is 43. The second-order valence-corrected chi connectivity index (χ2v) is 27.1. The third kappa shape index (κ3) is 68.8. The van der Waals surface area contributed by atoms with Crippen molar-refractivity contribution in [3.8, 4) is 0 Å². The van der Waals surface area contributed by atoms with Crippen molar-refractivity contribution in [1.29, 1.82) is 0 Å². The van der Waals surface area contributed by atoms with Gasteiger partial charge < -0.3 is 18.9 Å². The number of esters is 2. The van der Waals surface area contributed by atoms with E-state index in [4.69, 9.17) is 18.5 Å². The van der Waals surface area contributed by atoms with Crippen LogP contribution in [0.1, 0.15) is 348 Å². The molecule has 0 saturated heterocycles. The van der Waals surface area contributed by atoms with Gasteiger partial charge in [-0.25, -0.2) is 4.57 Å². The summed E-state index contributed by atoms with van der Waals surface area (Å²) < 4.78 is 34.8. The quantitative estimate of drug-likeness (QED) is 0.0211. The van der Waals surface area contributed by atoms with Crippen LogP contribution in [0.5, 0.6) is 0 Å². The maximum absolute atomic E-state index is 12.9. The van der Waals surface area contributed by atoms with Crippen LogP contribution >= 0.6 is 7.82 Å². The highest BCUT2D eigenvalue weighted by Gasteiger charge is 2.27. The fourth-order valence-electron chi connectivity index (χ4n) is 10.6. The Morgan fingerprint density at radius 3 is 1.01 bits per heavy atom. The summed E-state index contributed by atoms with van der Waals surface area (Å²) in [5.41, 5.74) is 0. The number of carbonyl (C=O) groups excluding carboxylic acids is 2. The highest BCUT2D eigenvalue weighted by molar-refractivity contribution is 7.47. The molecule has 0 aromatic rings. The molecule has 492 valence electrons. The summed E-state index contributed by atoms with van der Waals surface area (Å²) in [7, 11) is 1.49. The molecule has 0 fully saturated rings. The number of phosphoric acid groups is 1. The van der Waals surface area contributed by atoms with E-state index < -0.39 is 26.5 Å². The predicted molar refractivity (Wildman–Crippen MR) is 363 cm³/mol. The molecule has 0 aromatic carbocycles. The van der Waals surface area contributed by atoms with Gasteiger partial charge in [-0.05, 0) is 57.8 Å². The number of nitrogens with zero attached hydrogens (tertiary/aromatic N) is 1. The minimum absolute atomic E-state index is 0.0334. The van der Waals surface area contributed by atoms with E-state index >= 15 is 0 Å². The molecular formula is C74H139NO8P+. The van der Waals surface area contributed by atoms with E-state index in [0.29, 0.717) is 23.9 Å². The smallest absolute Gasteiger partial charge is 0.462 e. The molecule has 0 aliphatic carbocycles. The molecule has 84 heavy (non-hydrogen) atoms. The Morgan fingerprint density at radius 1 is 0.381 bits per heavy atom. The maximum Gasteiger partial charge on any atom is 0.472 e. The van der Waals surface area contributed by atoms with Crippen LogP contribution in [-0.2, 0) is 32.7 Å². The molecule has 1 N–H and O–H groups in total. The van der Waals surface area contributed by atoms with E-state index in [1.54, 1.807) is 0 Å². The third-order valence-electron chi connectivity index (χ3n) is 16.1. The second kappa shape index (κ2) is 65.2. The molecule has 0 saturated carbocycles. The van der Waals surface area contributed by atoms with Gasteiger partial charge in [0.25, 0.3) is 0 Å². The standard InChI is InChI=1S/C74H138NO8P/c1-6-8-10-12-14-16-18-20-22-24-26-28-30-32-34-35-36-37-38-39-41-43-45-47-49-51-53-55-57-59-61-63-65-67-74(77)83-72(71-82-84(78,79)81-69-68-75(3,4)5)70-80-73(76)66-64-62-60-58-56-54-52-50-48-46-44-42-40-33-31-29-27-25-23-21-19-17-15-13-11-9-7-2/h8,10,14,16,20,22,26,28,32,34,72H,6-7,9,11-13,15,17-19,21,23-25,27,29-31,33,35-71H2,1-5H3/p+1/b10-8-,16-14-,22-20-,28-26-,34-32-. The molecule has 0 spiro atoms. The average Bonchev–Trinajstić information content (AvgIpc) is 3.61. The van der Waals surface area contributed by atoms with Gasteiger partial charge in [-0.15, -0.1) is 0 Å². The zero-order chi connectivity index (χ0) is 61.2. The molecule has 10 heteroatoms. The van der Waals surface area contributed by atoms with E-state index in [1.807, 2.05) is 21.1 Å². The molecular weight excluding hydrogens is 1060 g/mol. The number of carbonyl (C=O) groups is 2. The molecule has 0 bridgehead atoms. The average molecular weight is 1200 g/mol. The number of hydrogen-bond donors (Lipinski definition) is 1. The van der Waals surface area contributed by atoms with E-state index in [9.17, 15) is 19.0 Å². The third-order valence-corrected chi connectivity index (χ3v) is 17.0. The zero-order valence-electron chi connectivity index (χ0n) is 56.1. The Morgan fingerprint density at radius 2 is 0.679 bits per heavy atom. The van der Waals surface area contributed by atoms with Gasteiger partial charge >= 0.3 is 19.8 Å². The maximum atomic E-state index is 12.9. The normalized spacial score (nSPS) is 13.5. The highest BCUT2D eigenvalue weighted by Crippen LogP contribution is 2.43. The summed E-state index contributed by atoms with van der Waals surface area (Å²) >= 11 is 0. The highest BCUT2D eigenvalue weighted by atomic mass is 31.2. The summed E-state index contributed by atoms with van der Waals surface area (Å²) in [4.78, 5) is 35.9. The van der Waals surface area contributed by atoms with Gasteiger partial charge in [-0.2, -0.15) is 0 Å². The molecule has 0 aromatic heterocycles. The van der Waals surface area contributed by atoms with Gasteiger partial charge in [-0.1, -0.05) is 338 Å². The van der Waals surface area contributed by atoms with Crippen molar-refractivity contribution in [2.75, 3.05) is 47.5 Å². The van der Waals surface area contributed by atoms with Crippen LogP contribution in [0, 0.1) is 0 Å². The number of quaternary nitrogens is 1. The topological polar surface area (TPSA) is 108 Å². The lowest BCUT2D eigenvalue weighted by Gasteiger charge is -2.24. The van der Waals surface area contributed by atoms with E-state index in [0.717, 1.165) is 64.2 Å². The summed E-state index contributed by atoms with van der Waals surface area (Å²) in [5.74, 6) is -0.778. The molecule has 2 unspecified atom stereocenters. The first-order valence-electron chi connectivity index (χ1n) is 36.0. The van der Waals surface area contributed by atoms with Gasteiger partial charge in [0.2, 0.25) is 0 Å². The van der Waals surface area contributed by atoms with Crippen LogP contribution in [-0.4, -0.2) is 74.9 Å². The molecule has 0 aliphatic heterocycles. The van der Waals surface area contributed by atoms with Crippen molar-refractivity contribution in [2.45, 2.75) is 354 Å². The van der Waals surface area contributed by atoms with Gasteiger partial charge in [0.05, 0.1) is 27.7 Å². The van der Waals surface area contributed by atoms with E-state index in [-0.39, 0.29) is 25.6 Å². The molecule has 0 aliphatic rings. The number of hydrogen-bond acceptors (Lipinski definition) is 7. The monoisotopic (exact) mass is 1200 g/mol. The van der Waals surface area contributed by atoms with Crippen molar-refractivity contribution < 1.29 is 42.1 Å². The summed E-state index contributed by atoms with van der Waals surface area (Å²) in [5, 5.41) is 0. The lowest BCUT2D eigenvalue weighted by atomic mass is 10.0. The molecule has 2 atom stereocenters. The van der Waals surface area contributed by atoms with Crippen molar-refractivity contribution in [3.63, 3.8) is 0 Å². The molecule has 0 radical (unpaired) electrons. The Hall–Kier alpha value is -2.29. The van der Waals surface area contributed by atoms with Gasteiger partial charge in [0, 0.05) is 12.8 Å². The lowest BCUT2D eigenvalue weighted by Crippen LogP contribution is -2.37. The summed E-state index contributed by atoms with van der Waals surface area (Å²) in [6.07, 6.45) is 86.2. The van der Waals surface area contributed by atoms with Crippen molar-refractivity contribution in [3.05, 3.63) is 60.8 Å². The number of rotatable bonds is 67. The van der Waals surface area contributed by atoms with E-state index in [1.165, 1.54) is 250 Å². The minimum Gasteiger partial charge on any atom is -0.462 e. The lowest BCUT2D eigenvalue weighted by molar-refractivity contribution is -0.870. The molecule has 0 amide bonds. The van der Waals surface area contributed by atoms with Crippen LogP contribution < -0.4 is 0 Å². The number of ether oxygens (including phenoxy) is 2. The first-order chi connectivity index (χ1) is 41.0. The Bertz CT molecular complexity index is 1600. The number of allylic oxidation sites excluding steroid dienone is 10. The number of likely N-dealkylation sites (N-methyl/N-ethyl adjacent to an activating group) is 1. The SMILES string of the molecule is CC/C=C\C/C=C\C/C=C\C/C=C\C/C=C\CCCCCCCCCCCCCCCCCCCC(=O)OC(COC(=O)CCCCCCCCCCCCCCCCCCCCCCCCCCCCC)COP(=O)(O)OCC[N+](C)(C)C. The van der Waals surface area contributed by atoms with Crippen LogP contribution in [0.3, 0.4) is 0 Å². The van der Waals surface area contributed by atoms with Gasteiger partial charge in [0.1, 0.15) is 19.8 Å². The first kappa shape index (κ1) is 81.7. The Balaban J connectivity index is 3.99. The minimum atomic E-state index is -4.39. The van der Waals surface area contributed by atoms with Crippen LogP contribution in [0.4, 0.5) is 0 Å². The predicted octanol–water partition coefficient (Wildman–Crippen LogP) is 23.4.